The van der Waals surface area contributed by atoms with Crippen LogP contribution in [0, 0.1) is 5.92 Å². The van der Waals surface area contributed by atoms with Crippen molar-refractivity contribution in [1.29, 1.82) is 0 Å². The molecule has 0 spiro atoms. The zero-order chi connectivity index (χ0) is 6.81. The molecule has 1 saturated heterocycles. The second-order valence-electron chi connectivity index (χ2n) is 2.61. The third-order valence-electron chi connectivity index (χ3n) is 1.90. The maximum absolute atomic E-state index is 4.14. The number of rotatable bonds is 0. The number of hydrogen-bond donors (Lipinski definition) is 1. The van der Waals surface area contributed by atoms with Gasteiger partial charge in [-0.25, -0.2) is 4.40 Å². The van der Waals surface area contributed by atoms with E-state index in [1.54, 1.807) is 0 Å². The van der Waals surface area contributed by atoms with Crippen LogP contribution in [-0.2, 0) is 0 Å². The highest BCUT2D eigenvalue weighted by Crippen LogP contribution is 2.25. The zero-order valence-electron chi connectivity index (χ0n) is 5.71. The van der Waals surface area contributed by atoms with Crippen LogP contribution in [0.2, 0.25) is 0 Å². The van der Waals surface area contributed by atoms with Gasteiger partial charge in [-0.3, -0.25) is 0 Å². The highest BCUT2D eigenvalue weighted by Gasteiger charge is 2.17. The first kappa shape index (κ1) is 6.28. The molecule has 10 heavy (non-hydrogen) atoms. The number of nitrogens with zero attached hydrogens (tertiary/aromatic N) is 1. The first-order valence-corrected chi connectivity index (χ1v) is 4.44. The lowest BCUT2D eigenvalue weighted by atomic mass is 9.98. The molecule has 0 aromatic carbocycles. The van der Waals surface area contributed by atoms with Crippen molar-refractivity contribution in [2.24, 2.45) is 10.3 Å². The summed E-state index contributed by atoms with van der Waals surface area (Å²) in [7, 11) is 0. The van der Waals surface area contributed by atoms with Crippen molar-refractivity contribution in [3.63, 3.8) is 0 Å². The Labute approximate surface area is 64.9 Å². The number of allylic oxidation sites excluding steroid dienone is 1. The minimum Gasteiger partial charge on any atom is -0.387 e. The molecular formula is C7H10N2S. The van der Waals surface area contributed by atoms with E-state index in [9.17, 15) is 0 Å². The Hall–Kier alpha value is -0.440. The molecule has 2 aliphatic rings. The van der Waals surface area contributed by atoms with E-state index in [2.05, 4.69) is 15.1 Å². The van der Waals surface area contributed by atoms with Gasteiger partial charge >= 0.3 is 0 Å². The Balaban J connectivity index is 2.13. The van der Waals surface area contributed by atoms with E-state index in [0.717, 1.165) is 6.54 Å². The molecule has 2 nitrogen and oxygen atoms in total. The van der Waals surface area contributed by atoms with Gasteiger partial charge in [0.25, 0.3) is 0 Å². The SMILES string of the molecule is C1=NSC=C2NCCCC12. The standard InChI is InChI=1S/C7H10N2S/c1-2-6-4-9-10-5-7(6)8-3-1/h4-6,8H,1-3H2. The van der Waals surface area contributed by atoms with Gasteiger partial charge in [0.05, 0.1) is 0 Å². The smallest absolute Gasteiger partial charge is 0.0354 e. The predicted octanol–water partition coefficient (Wildman–Crippen LogP) is 1.56. The van der Waals surface area contributed by atoms with Crippen molar-refractivity contribution in [3.05, 3.63) is 11.1 Å². The Morgan fingerprint density at radius 3 is 3.60 bits per heavy atom. The van der Waals surface area contributed by atoms with Gasteiger partial charge in [0.15, 0.2) is 0 Å². The van der Waals surface area contributed by atoms with Crippen molar-refractivity contribution in [2.45, 2.75) is 12.8 Å². The fourth-order valence-electron chi connectivity index (χ4n) is 1.32. The number of hydrogen-bond acceptors (Lipinski definition) is 3. The largest absolute Gasteiger partial charge is 0.387 e. The summed E-state index contributed by atoms with van der Waals surface area (Å²) in [6, 6.07) is 0. The minimum atomic E-state index is 0.593. The third-order valence-corrected chi connectivity index (χ3v) is 2.50. The van der Waals surface area contributed by atoms with E-state index >= 15 is 0 Å². The van der Waals surface area contributed by atoms with Crippen LogP contribution in [0.5, 0.6) is 0 Å². The van der Waals surface area contributed by atoms with Crippen LogP contribution in [0.1, 0.15) is 12.8 Å². The summed E-state index contributed by atoms with van der Waals surface area (Å²) >= 11 is 1.53. The fraction of sp³-hybridized carbons (Fsp3) is 0.571. The highest BCUT2D eigenvalue weighted by molar-refractivity contribution is 8.01. The first-order valence-electron chi connectivity index (χ1n) is 3.60. The quantitative estimate of drug-likeness (QED) is 0.535. The molecule has 2 rings (SSSR count). The minimum absolute atomic E-state index is 0.593. The van der Waals surface area contributed by atoms with Crippen LogP contribution in [0.25, 0.3) is 0 Å². The molecule has 2 heterocycles. The molecule has 0 amide bonds. The van der Waals surface area contributed by atoms with E-state index < -0.39 is 0 Å². The van der Waals surface area contributed by atoms with Crippen LogP contribution in [-0.4, -0.2) is 12.8 Å². The van der Waals surface area contributed by atoms with Crippen molar-refractivity contribution in [3.8, 4) is 0 Å². The summed E-state index contributed by atoms with van der Waals surface area (Å²) in [4.78, 5) is 0. The maximum Gasteiger partial charge on any atom is 0.0354 e. The van der Waals surface area contributed by atoms with Crippen molar-refractivity contribution in [1.82, 2.24) is 5.32 Å². The van der Waals surface area contributed by atoms with Gasteiger partial charge in [-0.15, -0.1) is 0 Å². The van der Waals surface area contributed by atoms with Gasteiger partial charge in [0.1, 0.15) is 0 Å². The zero-order valence-corrected chi connectivity index (χ0v) is 6.53. The molecule has 1 N–H and O–H groups in total. The van der Waals surface area contributed by atoms with Crippen LogP contribution in [0.4, 0.5) is 0 Å². The van der Waals surface area contributed by atoms with Gasteiger partial charge in [-0.2, -0.15) is 0 Å². The summed E-state index contributed by atoms with van der Waals surface area (Å²) in [6.07, 6.45) is 4.59. The number of piperidine rings is 1. The van der Waals surface area contributed by atoms with Gasteiger partial charge < -0.3 is 5.32 Å². The van der Waals surface area contributed by atoms with E-state index in [0.29, 0.717) is 5.92 Å². The lowest BCUT2D eigenvalue weighted by molar-refractivity contribution is 0.534. The molecule has 1 fully saturated rings. The van der Waals surface area contributed by atoms with Crippen molar-refractivity contribution >= 4 is 18.2 Å². The molecule has 0 saturated carbocycles. The Morgan fingerprint density at radius 1 is 1.70 bits per heavy atom. The van der Waals surface area contributed by atoms with Gasteiger partial charge in [0.2, 0.25) is 0 Å². The summed E-state index contributed by atoms with van der Waals surface area (Å²) in [5, 5.41) is 5.48. The second-order valence-corrected chi connectivity index (χ2v) is 3.27. The normalized spacial score (nSPS) is 30.4. The molecule has 54 valence electrons. The Bertz CT molecular complexity index is 186. The average Bonchev–Trinajstić information content (AvgIpc) is 2.05. The highest BCUT2D eigenvalue weighted by atomic mass is 32.2. The van der Waals surface area contributed by atoms with Gasteiger partial charge in [0, 0.05) is 41.7 Å². The molecule has 0 radical (unpaired) electrons. The third kappa shape index (κ3) is 1.06. The average molecular weight is 154 g/mol. The van der Waals surface area contributed by atoms with E-state index in [1.165, 1.54) is 30.5 Å². The first-order chi connectivity index (χ1) is 4.97. The molecule has 0 aromatic heterocycles. The molecular weight excluding hydrogens is 144 g/mol. The summed E-state index contributed by atoms with van der Waals surface area (Å²) in [5.41, 5.74) is 1.37. The van der Waals surface area contributed by atoms with Crippen molar-refractivity contribution < 1.29 is 0 Å². The van der Waals surface area contributed by atoms with Crippen LogP contribution in [0.15, 0.2) is 15.5 Å². The molecule has 1 unspecified atom stereocenters. The van der Waals surface area contributed by atoms with Gasteiger partial charge in [-0.1, -0.05) is 0 Å². The molecule has 0 bridgehead atoms. The molecule has 2 aliphatic heterocycles. The van der Waals surface area contributed by atoms with Crippen LogP contribution in [0.3, 0.4) is 0 Å². The molecule has 0 aliphatic carbocycles. The van der Waals surface area contributed by atoms with Gasteiger partial charge in [-0.05, 0) is 12.8 Å². The van der Waals surface area contributed by atoms with Crippen LogP contribution >= 0.6 is 11.9 Å². The summed E-state index contributed by atoms with van der Waals surface area (Å²) < 4.78 is 4.14. The topological polar surface area (TPSA) is 24.4 Å². The van der Waals surface area contributed by atoms with E-state index in [4.69, 9.17) is 0 Å². The number of fused-ring (bicyclic) bond motifs is 1. The Kier molecular flexibility index (Phi) is 1.67. The maximum atomic E-state index is 4.14. The molecule has 1 atom stereocenters. The van der Waals surface area contributed by atoms with Crippen molar-refractivity contribution in [2.75, 3.05) is 6.54 Å². The van der Waals surface area contributed by atoms with Crippen LogP contribution < -0.4 is 5.32 Å². The lowest BCUT2D eigenvalue weighted by Gasteiger charge is -2.25. The number of nitrogens with one attached hydrogen (secondary N) is 1. The lowest BCUT2D eigenvalue weighted by Crippen LogP contribution is -2.28. The molecule has 0 aromatic rings. The fourth-order valence-corrected chi connectivity index (χ4v) is 1.97. The Morgan fingerprint density at radius 2 is 2.70 bits per heavy atom. The summed E-state index contributed by atoms with van der Waals surface area (Å²) in [5.74, 6) is 0.593. The predicted molar refractivity (Wildman–Crippen MR) is 44.9 cm³/mol. The van der Waals surface area contributed by atoms with E-state index in [1.807, 2.05) is 6.21 Å². The van der Waals surface area contributed by atoms with E-state index in [-0.39, 0.29) is 0 Å². The summed E-state index contributed by atoms with van der Waals surface area (Å²) in [6.45, 7) is 1.14. The molecule has 3 heteroatoms. The monoisotopic (exact) mass is 154 g/mol. The second kappa shape index (κ2) is 2.66.